The number of hydrogen-bond donors (Lipinski definition) is 4. The van der Waals surface area contributed by atoms with Crippen molar-refractivity contribution in [2.45, 2.75) is 51.6 Å². The van der Waals surface area contributed by atoms with E-state index in [0.29, 0.717) is 19.4 Å². The third-order valence-electron chi connectivity index (χ3n) is 5.79. The Morgan fingerprint density at radius 3 is 2.62 bits per heavy atom. The summed E-state index contributed by atoms with van der Waals surface area (Å²) in [6, 6.07) is 6.23. The fraction of sp³-hybridized carbons (Fsp3) is 0.478. The van der Waals surface area contributed by atoms with Crippen LogP contribution in [0, 0.1) is 5.92 Å². The van der Waals surface area contributed by atoms with Crippen LogP contribution in [0.15, 0.2) is 30.5 Å². The van der Waals surface area contributed by atoms with Crippen LogP contribution in [-0.2, 0) is 19.2 Å². The van der Waals surface area contributed by atoms with Crippen LogP contribution < -0.4 is 16.4 Å². The fourth-order valence-corrected chi connectivity index (χ4v) is 4.35. The van der Waals surface area contributed by atoms with Gasteiger partial charge in [-0.15, -0.1) is 0 Å². The predicted molar refractivity (Wildman–Crippen MR) is 120 cm³/mol. The minimum Gasteiger partial charge on any atom is -0.368 e. The van der Waals surface area contributed by atoms with Gasteiger partial charge < -0.3 is 26.3 Å². The number of nitrogens with one attached hydrogen (secondary N) is 3. The van der Waals surface area contributed by atoms with E-state index < -0.39 is 23.9 Å². The number of hydrogen-bond acceptors (Lipinski definition) is 4. The Hall–Kier alpha value is -3.36. The third-order valence-corrected chi connectivity index (χ3v) is 5.79. The van der Waals surface area contributed by atoms with Crippen molar-refractivity contribution in [3.8, 4) is 0 Å². The molecule has 0 aliphatic carbocycles. The lowest BCUT2D eigenvalue weighted by Crippen LogP contribution is -2.58. The van der Waals surface area contributed by atoms with Crippen molar-refractivity contribution in [3.63, 3.8) is 0 Å². The second-order valence-electron chi connectivity index (χ2n) is 8.77. The van der Waals surface area contributed by atoms with Crippen LogP contribution in [0.1, 0.15) is 45.1 Å². The first kappa shape index (κ1) is 23.3. The number of carbonyl (C=O) groups is 4. The summed E-state index contributed by atoms with van der Waals surface area (Å²) in [4.78, 5) is 54.0. The lowest BCUT2D eigenvalue weighted by molar-refractivity contribution is -0.142. The van der Waals surface area contributed by atoms with Crippen LogP contribution in [-0.4, -0.2) is 58.7 Å². The SMILES string of the molecule is CC(=O)N[C@@H]1C(=O)N(CC(=O)N[C@@H](CC(C)C)C(N)=O)CC[C@H]1c1c[nH]c2ccccc12. The number of amides is 4. The summed E-state index contributed by atoms with van der Waals surface area (Å²) < 4.78 is 0. The van der Waals surface area contributed by atoms with E-state index in [9.17, 15) is 19.2 Å². The number of aromatic nitrogens is 1. The molecule has 1 aliphatic rings. The molecule has 3 rings (SSSR count). The van der Waals surface area contributed by atoms with Gasteiger partial charge in [0.1, 0.15) is 12.1 Å². The number of para-hydroxylation sites is 1. The van der Waals surface area contributed by atoms with E-state index in [1.54, 1.807) is 0 Å². The number of H-pyrrole nitrogens is 1. The molecule has 5 N–H and O–H groups in total. The highest BCUT2D eigenvalue weighted by atomic mass is 16.2. The number of nitrogens with two attached hydrogens (primary N) is 1. The topological polar surface area (TPSA) is 137 Å². The normalized spacial score (nSPS) is 19.8. The Kier molecular flexibility index (Phi) is 7.17. The van der Waals surface area contributed by atoms with Gasteiger partial charge in [0.25, 0.3) is 0 Å². The summed E-state index contributed by atoms with van der Waals surface area (Å²) in [5.41, 5.74) is 7.32. The number of aromatic amines is 1. The zero-order valence-corrected chi connectivity index (χ0v) is 18.7. The van der Waals surface area contributed by atoms with Gasteiger partial charge in [0.15, 0.2) is 0 Å². The molecular weight excluding hydrogens is 410 g/mol. The maximum Gasteiger partial charge on any atom is 0.246 e. The van der Waals surface area contributed by atoms with E-state index in [-0.39, 0.29) is 30.2 Å². The number of nitrogens with zero attached hydrogens (tertiary/aromatic N) is 1. The number of primary amides is 1. The maximum atomic E-state index is 13.3. The average Bonchev–Trinajstić information content (AvgIpc) is 3.14. The number of likely N-dealkylation sites (tertiary alicyclic amines) is 1. The number of carbonyl (C=O) groups excluding carboxylic acids is 4. The van der Waals surface area contributed by atoms with Crippen LogP contribution in [0.2, 0.25) is 0 Å². The van der Waals surface area contributed by atoms with Gasteiger partial charge >= 0.3 is 0 Å². The van der Waals surface area contributed by atoms with Gasteiger partial charge in [-0.1, -0.05) is 32.0 Å². The Labute approximate surface area is 187 Å². The minimum absolute atomic E-state index is 0.172. The lowest BCUT2D eigenvalue weighted by Gasteiger charge is -2.38. The van der Waals surface area contributed by atoms with Crippen LogP contribution >= 0.6 is 0 Å². The van der Waals surface area contributed by atoms with Crippen molar-refractivity contribution in [1.82, 2.24) is 20.5 Å². The molecule has 2 aromatic rings. The Balaban J connectivity index is 1.76. The number of piperidine rings is 1. The summed E-state index contributed by atoms with van der Waals surface area (Å²) in [5, 5.41) is 6.41. The molecule has 172 valence electrons. The van der Waals surface area contributed by atoms with Crippen LogP contribution in [0.4, 0.5) is 0 Å². The zero-order valence-electron chi connectivity index (χ0n) is 18.7. The quantitative estimate of drug-likeness (QED) is 0.486. The van der Waals surface area contributed by atoms with Gasteiger partial charge in [-0.05, 0) is 30.4 Å². The second kappa shape index (κ2) is 9.84. The fourth-order valence-electron chi connectivity index (χ4n) is 4.35. The van der Waals surface area contributed by atoms with Crippen molar-refractivity contribution in [3.05, 3.63) is 36.0 Å². The van der Waals surface area contributed by atoms with E-state index in [2.05, 4.69) is 15.6 Å². The molecule has 9 heteroatoms. The monoisotopic (exact) mass is 441 g/mol. The molecule has 9 nitrogen and oxygen atoms in total. The molecule has 2 heterocycles. The van der Waals surface area contributed by atoms with Gasteiger partial charge in [0, 0.05) is 36.5 Å². The summed E-state index contributed by atoms with van der Waals surface area (Å²) in [7, 11) is 0. The van der Waals surface area contributed by atoms with Gasteiger partial charge in [0.2, 0.25) is 23.6 Å². The molecule has 1 saturated heterocycles. The van der Waals surface area contributed by atoms with E-state index in [4.69, 9.17) is 5.73 Å². The summed E-state index contributed by atoms with van der Waals surface area (Å²) >= 11 is 0. The summed E-state index contributed by atoms with van der Waals surface area (Å²) in [6.07, 6.45) is 2.88. The van der Waals surface area contributed by atoms with E-state index >= 15 is 0 Å². The van der Waals surface area contributed by atoms with Crippen molar-refractivity contribution >= 4 is 34.5 Å². The first-order valence-corrected chi connectivity index (χ1v) is 10.9. The van der Waals surface area contributed by atoms with Gasteiger partial charge in [-0.2, -0.15) is 0 Å². The first-order valence-electron chi connectivity index (χ1n) is 10.9. The average molecular weight is 442 g/mol. The molecule has 0 radical (unpaired) electrons. The van der Waals surface area contributed by atoms with Crippen molar-refractivity contribution < 1.29 is 19.2 Å². The summed E-state index contributed by atoms with van der Waals surface area (Å²) in [6.45, 7) is 5.39. The molecule has 1 fully saturated rings. The molecule has 1 aliphatic heterocycles. The molecule has 4 amide bonds. The highest BCUT2D eigenvalue weighted by molar-refractivity contribution is 5.94. The van der Waals surface area contributed by atoms with Crippen LogP contribution in [0.5, 0.6) is 0 Å². The van der Waals surface area contributed by atoms with Crippen molar-refractivity contribution in [1.29, 1.82) is 0 Å². The number of rotatable bonds is 8. The molecular formula is C23H31N5O4. The maximum absolute atomic E-state index is 13.3. The summed E-state index contributed by atoms with van der Waals surface area (Å²) in [5.74, 6) is -1.74. The molecule has 1 aromatic heterocycles. The molecule has 3 atom stereocenters. The Morgan fingerprint density at radius 2 is 1.97 bits per heavy atom. The molecule has 0 spiro atoms. The number of fused-ring (bicyclic) bond motifs is 1. The predicted octanol–water partition coefficient (Wildman–Crippen LogP) is 1.00. The van der Waals surface area contributed by atoms with Crippen LogP contribution in [0.3, 0.4) is 0 Å². The third kappa shape index (κ3) is 5.27. The minimum atomic E-state index is -0.785. The van der Waals surface area contributed by atoms with Gasteiger partial charge in [-0.25, -0.2) is 0 Å². The van der Waals surface area contributed by atoms with E-state index in [1.807, 2.05) is 44.3 Å². The van der Waals surface area contributed by atoms with Crippen LogP contribution in [0.25, 0.3) is 10.9 Å². The second-order valence-corrected chi connectivity index (χ2v) is 8.77. The Morgan fingerprint density at radius 1 is 1.25 bits per heavy atom. The Bertz CT molecular complexity index is 1010. The van der Waals surface area contributed by atoms with Gasteiger partial charge in [0.05, 0.1) is 6.54 Å². The van der Waals surface area contributed by atoms with Crippen molar-refractivity contribution in [2.75, 3.05) is 13.1 Å². The standard InChI is InChI=1S/C23H31N5O4/c1-13(2)10-19(22(24)31)27-20(30)12-28-9-8-16(21(23(28)32)26-14(3)29)17-11-25-18-7-5-4-6-15(17)18/h4-7,11,13,16,19,21,25H,8-10,12H2,1-3H3,(H2,24,31)(H,26,29)(H,27,30)/t16-,19-,21-/m0/s1. The van der Waals surface area contributed by atoms with E-state index in [0.717, 1.165) is 16.5 Å². The zero-order chi connectivity index (χ0) is 23.4. The highest BCUT2D eigenvalue weighted by Crippen LogP contribution is 2.34. The van der Waals surface area contributed by atoms with Crippen molar-refractivity contribution in [2.24, 2.45) is 11.7 Å². The molecule has 0 bridgehead atoms. The lowest BCUT2D eigenvalue weighted by atomic mass is 9.84. The molecule has 32 heavy (non-hydrogen) atoms. The molecule has 0 unspecified atom stereocenters. The largest absolute Gasteiger partial charge is 0.368 e. The smallest absolute Gasteiger partial charge is 0.246 e. The van der Waals surface area contributed by atoms with Gasteiger partial charge in [-0.3, -0.25) is 19.2 Å². The number of benzene rings is 1. The molecule has 1 aromatic carbocycles. The highest BCUT2D eigenvalue weighted by Gasteiger charge is 2.39. The van der Waals surface area contributed by atoms with E-state index in [1.165, 1.54) is 11.8 Å². The molecule has 0 saturated carbocycles. The first-order chi connectivity index (χ1) is 15.2.